The molecule has 1 aromatic rings. The van der Waals surface area contributed by atoms with E-state index in [9.17, 15) is 13.2 Å². The summed E-state index contributed by atoms with van der Waals surface area (Å²) in [4.78, 5) is 13.9. The fourth-order valence-corrected chi connectivity index (χ4v) is 2.54. The number of carbonyl (C=O) groups excluding carboxylic acids is 1. The van der Waals surface area contributed by atoms with Gasteiger partial charge < -0.3 is 14.2 Å². The fraction of sp³-hybridized carbons (Fsp3) is 0.615. The lowest BCUT2D eigenvalue weighted by Crippen LogP contribution is -2.30. The van der Waals surface area contributed by atoms with Crippen molar-refractivity contribution in [2.75, 3.05) is 27.3 Å². The Labute approximate surface area is 125 Å². The van der Waals surface area contributed by atoms with Gasteiger partial charge in [-0.1, -0.05) is 6.92 Å². The summed E-state index contributed by atoms with van der Waals surface area (Å²) in [6.07, 6.45) is 2.91. The SMILES string of the molecule is CCCn1cc(S(N)(=O)=O)cc1C(=O)N(C)CCCOC. The van der Waals surface area contributed by atoms with Crippen molar-refractivity contribution >= 4 is 15.9 Å². The Balaban J connectivity index is 2.99. The van der Waals surface area contributed by atoms with Gasteiger partial charge in [0.05, 0.1) is 0 Å². The normalized spacial score (nSPS) is 11.6. The van der Waals surface area contributed by atoms with E-state index >= 15 is 0 Å². The first-order valence-electron chi connectivity index (χ1n) is 6.78. The van der Waals surface area contributed by atoms with E-state index in [0.29, 0.717) is 25.4 Å². The van der Waals surface area contributed by atoms with Crippen LogP contribution in [0.4, 0.5) is 0 Å². The molecule has 7 nitrogen and oxygen atoms in total. The van der Waals surface area contributed by atoms with Crippen molar-refractivity contribution in [2.24, 2.45) is 5.14 Å². The molecule has 2 N–H and O–H groups in total. The highest BCUT2D eigenvalue weighted by molar-refractivity contribution is 7.89. The van der Waals surface area contributed by atoms with Crippen LogP contribution in [0.5, 0.6) is 0 Å². The molecule has 0 aliphatic heterocycles. The molecule has 8 heteroatoms. The van der Waals surface area contributed by atoms with E-state index in [1.165, 1.54) is 12.3 Å². The summed E-state index contributed by atoms with van der Waals surface area (Å²) in [6, 6.07) is 1.33. The minimum absolute atomic E-state index is 0.0374. The molecule has 0 fully saturated rings. The largest absolute Gasteiger partial charge is 0.385 e. The van der Waals surface area contributed by atoms with Gasteiger partial charge in [-0.15, -0.1) is 0 Å². The lowest BCUT2D eigenvalue weighted by Gasteiger charge is -2.18. The Kier molecular flexibility index (Phi) is 6.38. The number of methoxy groups -OCH3 is 1. The van der Waals surface area contributed by atoms with E-state index < -0.39 is 10.0 Å². The smallest absolute Gasteiger partial charge is 0.270 e. The quantitative estimate of drug-likeness (QED) is 0.712. The van der Waals surface area contributed by atoms with Gasteiger partial charge in [-0.25, -0.2) is 13.6 Å². The molecule has 0 bridgehead atoms. The van der Waals surface area contributed by atoms with Gasteiger partial charge in [0.1, 0.15) is 10.6 Å². The third kappa shape index (κ3) is 4.83. The van der Waals surface area contributed by atoms with Crippen LogP contribution in [0.2, 0.25) is 0 Å². The van der Waals surface area contributed by atoms with Gasteiger partial charge >= 0.3 is 0 Å². The molecule has 0 unspecified atom stereocenters. The van der Waals surface area contributed by atoms with E-state index in [-0.39, 0.29) is 10.8 Å². The number of rotatable bonds is 8. The van der Waals surface area contributed by atoms with Crippen molar-refractivity contribution in [3.63, 3.8) is 0 Å². The molecule has 0 atom stereocenters. The minimum Gasteiger partial charge on any atom is -0.385 e. The second-order valence-electron chi connectivity index (χ2n) is 4.87. The standard InChI is InChI=1S/C13H23N3O4S/c1-4-6-16-10-11(21(14,18)19)9-12(16)13(17)15(2)7-5-8-20-3/h9-10H,4-8H2,1-3H3,(H2,14,18,19). The van der Waals surface area contributed by atoms with Gasteiger partial charge in [0.25, 0.3) is 5.91 Å². The van der Waals surface area contributed by atoms with Crippen LogP contribution in [-0.2, 0) is 21.3 Å². The van der Waals surface area contributed by atoms with Crippen LogP contribution in [0.1, 0.15) is 30.3 Å². The van der Waals surface area contributed by atoms with Crippen LogP contribution < -0.4 is 5.14 Å². The zero-order valence-electron chi connectivity index (χ0n) is 12.7. The molecule has 21 heavy (non-hydrogen) atoms. The number of aromatic nitrogens is 1. The molecule has 1 heterocycles. The molecule has 1 rings (SSSR count). The van der Waals surface area contributed by atoms with Crippen molar-refractivity contribution in [3.05, 3.63) is 18.0 Å². The molecule has 0 saturated heterocycles. The van der Waals surface area contributed by atoms with Gasteiger partial charge in [-0.05, 0) is 18.9 Å². The Bertz CT molecular complexity index is 580. The van der Waals surface area contributed by atoms with E-state index in [1.54, 1.807) is 23.6 Å². The molecule has 0 radical (unpaired) electrons. The van der Waals surface area contributed by atoms with Gasteiger partial charge in [0, 0.05) is 40.1 Å². The number of hydrogen-bond acceptors (Lipinski definition) is 4. The van der Waals surface area contributed by atoms with Crippen LogP contribution in [0, 0.1) is 0 Å². The molecule has 0 saturated carbocycles. The maximum Gasteiger partial charge on any atom is 0.270 e. The highest BCUT2D eigenvalue weighted by Crippen LogP contribution is 2.15. The summed E-state index contributed by atoms with van der Waals surface area (Å²) in [6.45, 7) is 3.61. The highest BCUT2D eigenvalue weighted by Gasteiger charge is 2.21. The van der Waals surface area contributed by atoms with Crippen molar-refractivity contribution < 1.29 is 17.9 Å². The van der Waals surface area contributed by atoms with Crippen molar-refractivity contribution in [3.8, 4) is 0 Å². The Morgan fingerprint density at radius 1 is 1.48 bits per heavy atom. The predicted octanol–water partition coefficient (Wildman–Crippen LogP) is 0.654. The fourth-order valence-electron chi connectivity index (χ4n) is 1.99. The Morgan fingerprint density at radius 2 is 2.14 bits per heavy atom. The number of nitrogens with zero attached hydrogens (tertiary/aromatic N) is 2. The summed E-state index contributed by atoms with van der Waals surface area (Å²) < 4.78 is 29.4. The summed E-state index contributed by atoms with van der Waals surface area (Å²) in [7, 11) is -0.532. The number of nitrogens with two attached hydrogens (primary N) is 1. The van der Waals surface area contributed by atoms with Crippen LogP contribution >= 0.6 is 0 Å². The first kappa shape index (κ1) is 17.7. The van der Waals surface area contributed by atoms with Crippen molar-refractivity contribution in [2.45, 2.75) is 31.2 Å². The summed E-state index contributed by atoms with van der Waals surface area (Å²) >= 11 is 0. The third-order valence-electron chi connectivity index (χ3n) is 3.07. The number of aryl methyl sites for hydroxylation is 1. The van der Waals surface area contributed by atoms with Crippen LogP contribution in [0.15, 0.2) is 17.2 Å². The average Bonchev–Trinajstić information content (AvgIpc) is 2.82. The number of amides is 1. The lowest BCUT2D eigenvalue weighted by atomic mass is 10.3. The molecule has 0 spiro atoms. The molecule has 120 valence electrons. The number of carbonyl (C=O) groups is 1. The molecule has 1 amide bonds. The molecule has 0 aliphatic rings. The second-order valence-corrected chi connectivity index (χ2v) is 6.43. The lowest BCUT2D eigenvalue weighted by molar-refractivity contribution is 0.0768. The van der Waals surface area contributed by atoms with Gasteiger partial charge in [-0.3, -0.25) is 4.79 Å². The van der Waals surface area contributed by atoms with Gasteiger partial charge in [0.15, 0.2) is 0 Å². The van der Waals surface area contributed by atoms with Crippen LogP contribution in [-0.4, -0.2) is 51.1 Å². The monoisotopic (exact) mass is 317 g/mol. The minimum atomic E-state index is -3.81. The Hall–Kier alpha value is -1.38. The van der Waals surface area contributed by atoms with Crippen LogP contribution in [0.25, 0.3) is 0 Å². The molecule has 0 aliphatic carbocycles. The Morgan fingerprint density at radius 3 is 2.67 bits per heavy atom. The number of ether oxygens (including phenoxy) is 1. The van der Waals surface area contributed by atoms with Gasteiger partial charge in [-0.2, -0.15) is 0 Å². The predicted molar refractivity (Wildman–Crippen MR) is 79.5 cm³/mol. The maximum absolute atomic E-state index is 12.4. The first-order valence-corrected chi connectivity index (χ1v) is 8.33. The topological polar surface area (TPSA) is 94.6 Å². The number of hydrogen-bond donors (Lipinski definition) is 1. The first-order chi connectivity index (χ1) is 9.81. The van der Waals surface area contributed by atoms with E-state index in [4.69, 9.17) is 9.88 Å². The summed E-state index contributed by atoms with van der Waals surface area (Å²) in [5.41, 5.74) is 0.334. The molecule has 0 aromatic carbocycles. The second kappa shape index (κ2) is 7.58. The van der Waals surface area contributed by atoms with Crippen molar-refractivity contribution in [1.82, 2.24) is 9.47 Å². The van der Waals surface area contributed by atoms with Crippen molar-refractivity contribution in [1.29, 1.82) is 0 Å². The summed E-state index contributed by atoms with van der Waals surface area (Å²) in [5, 5.41) is 5.13. The van der Waals surface area contributed by atoms with E-state index in [0.717, 1.165) is 12.8 Å². The van der Waals surface area contributed by atoms with Crippen LogP contribution in [0.3, 0.4) is 0 Å². The zero-order chi connectivity index (χ0) is 16.0. The molecule has 1 aromatic heterocycles. The number of sulfonamides is 1. The third-order valence-corrected chi connectivity index (χ3v) is 3.95. The summed E-state index contributed by atoms with van der Waals surface area (Å²) in [5.74, 6) is -0.227. The highest BCUT2D eigenvalue weighted by atomic mass is 32.2. The average molecular weight is 317 g/mol. The van der Waals surface area contributed by atoms with Gasteiger partial charge in [0.2, 0.25) is 10.0 Å². The number of primary sulfonamides is 1. The molecular formula is C13H23N3O4S. The van der Waals surface area contributed by atoms with E-state index in [2.05, 4.69) is 0 Å². The van der Waals surface area contributed by atoms with E-state index in [1.807, 2.05) is 6.92 Å². The zero-order valence-corrected chi connectivity index (χ0v) is 13.5. The molecular weight excluding hydrogens is 294 g/mol. The maximum atomic E-state index is 12.4.